The zero-order valence-electron chi connectivity index (χ0n) is 16.8. The third kappa shape index (κ3) is 4.62. The number of amides is 2. The quantitative estimate of drug-likeness (QED) is 0.435. The molecule has 3 aromatic carbocycles. The van der Waals surface area contributed by atoms with Gasteiger partial charge in [-0.05, 0) is 28.8 Å². The minimum Gasteiger partial charge on any atom is -0.269 e. The number of halogens is 3. The number of thioether (sulfide) groups is 1. The van der Waals surface area contributed by atoms with Gasteiger partial charge in [0.15, 0.2) is 0 Å². The zero-order chi connectivity index (χ0) is 22.7. The maximum absolute atomic E-state index is 13.2. The number of imide groups is 1. The van der Waals surface area contributed by atoms with Crippen molar-refractivity contribution in [2.24, 2.45) is 0 Å². The highest BCUT2D eigenvalue weighted by molar-refractivity contribution is 8.03. The van der Waals surface area contributed by atoms with Gasteiger partial charge >= 0.3 is 6.18 Å². The number of hydrogen-bond donors (Lipinski definition) is 0. The summed E-state index contributed by atoms with van der Waals surface area (Å²) < 4.78 is 39.2. The molecule has 1 aliphatic heterocycles. The smallest absolute Gasteiger partial charge is 0.269 e. The van der Waals surface area contributed by atoms with Crippen LogP contribution in [0.15, 0.2) is 89.8 Å². The summed E-state index contributed by atoms with van der Waals surface area (Å²) in [7, 11) is 0. The average Bonchev–Trinajstić information content (AvgIpc) is 3.03. The van der Waals surface area contributed by atoms with E-state index in [9.17, 15) is 22.8 Å². The van der Waals surface area contributed by atoms with E-state index < -0.39 is 23.6 Å². The zero-order valence-corrected chi connectivity index (χ0v) is 17.6. The van der Waals surface area contributed by atoms with Gasteiger partial charge in [0.05, 0.1) is 22.6 Å². The van der Waals surface area contributed by atoms with Crippen molar-refractivity contribution in [3.8, 4) is 0 Å². The van der Waals surface area contributed by atoms with E-state index in [1.807, 2.05) is 36.4 Å². The van der Waals surface area contributed by atoms with Gasteiger partial charge in [0.25, 0.3) is 11.8 Å². The van der Waals surface area contributed by atoms with Crippen LogP contribution in [0.5, 0.6) is 0 Å². The standard InChI is InChI=1S/C25H18F3NO2S/c26-25(27,28)20-13-7-10-18(14-20)15-29-23(30)21(19-11-5-2-6-12-19)22(24(29)31)32-16-17-8-3-1-4-9-17/h1-14H,15-16H2. The molecule has 0 unspecified atom stereocenters. The molecule has 0 spiro atoms. The molecule has 3 aromatic rings. The van der Waals surface area contributed by atoms with Gasteiger partial charge in [0.1, 0.15) is 0 Å². The van der Waals surface area contributed by atoms with Gasteiger partial charge in [0, 0.05) is 5.75 Å². The molecule has 0 aliphatic carbocycles. The molecule has 2 amide bonds. The lowest BCUT2D eigenvalue weighted by Gasteiger charge is -2.16. The molecule has 0 saturated carbocycles. The molecular weight excluding hydrogens is 435 g/mol. The molecule has 1 aliphatic rings. The second-order valence-corrected chi connectivity index (χ2v) is 8.22. The number of hydrogen-bond acceptors (Lipinski definition) is 3. The SMILES string of the molecule is O=C1C(SCc2ccccc2)=C(c2ccccc2)C(=O)N1Cc1cccc(C(F)(F)F)c1. The molecular formula is C25H18F3NO2S. The van der Waals surface area contributed by atoms with Crippen molar-refractivity contribution in [2.45, 2.75) is 18.5 Å². The Morgan fingerprint density at radius 1 is 0.750 bits per heavy atom. The highest BCUT2D eigenvalue weighted by Crippen LogP contribution is 2.38. The Morgan fingerprint density at radius 2 is 1.38 bits per heavy atom. The highest BCUT2D eigenvalue weighted by Gasteiger charge is 2.39. The Hall–Kier alpha value is -3.32. The molecule has 3 nitrogen and oxygen atoms in total. The van der Waals surface area contributed by atoms with Crippen LogP contribution in [0.4, 0.5) is 13.2 Å². The number of nitrogens with zero attached hydrogens (tertiary/aromatic N) is 1. The summed E-state index contributed by atoms with van der Waals surface area (Å²) >= 11 is 1.26. The second kappa shape index (κ2) is 9.04. The first-order valence-electron chi connectivity index (χ1n) is 9.83. The van der Waals surface area contributed by atoms with Crippen molar-refractivity contribution in [3.05, 3.63) is 112 Å². The van der Waals surface area contributed by atoms with E-state index in [1.54, 1.807) is 24.3 Å². The van der Waals surface area contributed by atoms with E-state index in [-0.39, 0.29) is 17.7 Å². The summed E-state index contributed by atoms with van der Waals surface area (Å²) in [4.78, 5) is 27.8. The summed E-state index contributed by atoms with van der Waals surface area (Å²) in [5.41, 5.74) is 1.30. The van der Waals surface area contributed by atoms with Crippen LogP contribution in [0.3, 0.4) is 0 Å². The Morgan fingerprint density at radius 3 is 2.03 bits per heavy atom. The molecule has 0 radical (unpaired) electrons. The Kier molecular flexibility index (Phi) is 6.19. The van der Waals surface area contributed by atoms with Gasteiger partial charge in [-0.3, -0.25) is 14.5 Å². The van der Waals surface area contributed by atoms with E-state index >= 15 is 0 Å². The van der Waals surface area contributed by atoms with Crippen molar-refractivity contribution in [1.82, 2.24) is 4.90 Å². The third-order valence-corrected chi connectivity index (χ3v) is 6.15. The molecule has 0 bridgehead atoms. The summed E-state index contributed by atoms with van der Waals surface area (Å²) in [6.07, 6.45) is -4.50. The number of carbonyl (C=O) groups excluding carboxylic acids is 2. The molecule has 0 fully saturated rings. The van der Waals surface area contributed by atoms with E-state index in [0.29, 0.717) is 16.2 Å². The predicted molar refractivity (Wildman–Crippen MR) is 118 cm³/mol. The third-order valence-electron chi connectivity index (χ3n) is 5.01. The maximum Gasteiger partial charge on any atom is 0.416 e. The minimum absolute atomic E-state index is 0.229. The van der Waals surface area contributed by atoms with Crippen LogP contribution in [0, 0.1) is 0 Å². The fourth-order valence-electron chi connectivity index (χ4n) is 3.45. The lowest BCUT2D eigenvalue weighted by atomic mass is 10.1. The number of benzene rings is 3. The van der Waals surface area contributed by atoms with Crippen molar-refractivity contribution in [2.75, 3.05) is 0 Å². The van der Waals surface area contributed by atoms with E-state index in [1.165, 1.54) is 23.9 Å². The Balaban J connectivity index is 1.64. The van der Waals surface area contributed by atoms with Crippen molar-refractivity contribution in [1.29, 1.82) is 0 Å². The number of carbonyl (C=O) groups is 2. The first-order valence-corrected chi connectivity index (χ1v) is 10.8. The fraction of sp³-hybridized carbons (Fsp3) is 0.120. The fourth-order valence-corrected chi connectivity index (χ4v) is 4.54. The summed E-state index contributed by atoms with van der Waals surface area (Å²) in [5.74, 6) is -0.510. The van der Waals surface area contributed by atoms with Crippen LogP contribution in [0.1, 0.15) is 22.3 Å². The Labute approximate surface area is 187 Å². The van der Waals surface area contributed by atoms with E-state index in [0.717, 1.165) is 22.6 Å². The highest BCUT2D eigenvalue weighted by atomic mass is 32.2. The second-order valence-electron chi connectivity index (χ2n) is 7.24. The maximum atomic E-state index is 13.2. The monoisotopic (exact) mass is 453 g/mol. The van der Waals surface area contributed by atoms with Gasteiger partial charge in [0.2, 0.25) is 0 Å². The lowest BCUT2D eigenvalue weighted by Crippen LogP contribution is -2.31. The van der Waals surface area contributed by atoms with Crippen molar-refractivity contribution >= 4 is 29.1 Å². The van der Waals surface area contributed by atoms with Crippen LogP contribution >= 0.6 is 11.8 Å². The summed E-state index contributed by atoms with van der Waals surface area (Å²) in [6, 6.07) is 23.1. The van der Waals surface area contributed by atoms with Gasteiger partial charge in [-0.25, -0.2) is 0 Å². The first kappa shape index (κ1) is 21.9. The predicted octanol–water partition coefficient (Wildman–Crippen LogP) is 5.92. The van der Waals surface area contributed by atoms with E-state index in [4.69, 9.17) is 0 Å². The number of alkyl halides is 3. The van der Waals surface area contributed by atoms with Gasteiger partial charge in [-0.15, -0.1) is 11.8 Å². The van der Waals surface area contributed by atoms with Crippen LogP contribution < -0.4 is 0 Å². The van der Waals surface area contributed by atoms with Crippen molar-refractivity contribution in [3.63, 3.8) is 0 Å². The normalized spacial score (nSPS) is 14.4. The molecule has 1 heterocycles. The van der Waals surface area contributed by atoms with Gasteiger partial charge in [-0.2, -0.15) is 13.2 Å². The molecule has 0 N–H and O–H groups in total. The topological polar surface area (TPSA) is 37.4 Å². The first-order chi connectivity index (χ1) is 15.3. The molecule has 0 saturated heterocycles. The van der Waals surface area contributed by atoms with Crippen molar-refractivity contribution < 1.29 is 22.8 Å². The van der Waals surface area contributed by atoms with Crippen LogP contribution in [-0.2, 0) is 28.1 Å². The molecule has 7 heteroatoms. The largest absolute Gasteiger partial charge is 0.416 e. The van der Waals surface area contributed by atoms with Crippen LogP contribution in [0.2, 0.25) is 0 Å². The molecule has 162 valence electrons. The number of rotatable bonds is 6. The lowest BCUT2D eigenvalue weighted by molar-refractivity contribution is -0.137. The Bertz CT molecular complexity index is 1170. The summed E-state index contributed by atoms with van der Waals surface area (Å²) in [5, 5.41) is 0. The van der Waals surface area contributed by atoms with Gasteiger partial charge in [-0.1, -0.05) is 72.8 Å². The molecule has 0 aromatic heterocycles. The minimum atomic E-state index is -4.50. The van der Waals surface area contributed by atoms with Crippen LogP contribution in [0.25, 0.3) is 5.57 Å². The van der Waals surface area contributed by atoms with E-state index in [2.05, 4.69) is 0 Å². The summed E-state index contributed by atoms with van der Waals surface area (Å²) in [6.45, 7) is -0.229. The average molecular weight is 453 g/mol. The van der Waals surface area contributed by atoms with Crippen LogP contribution in [-0.4, -0.2) is 16.7 Å². The molecule has 4 rings (SSSR count). The van der Waals surface area contributed by atoms with Gasteiger partial charge < -0.3 is 0 Å². The molecule has 32 heavy (non-hydrogen) atoms. The molecule has 0 atom stereocenters.